The maximum Gasteiger partial charge on any atom is 0.260 e. The maximum atomic E-state index is 14.6. The molecule has 0 radical (unpaired) electrons. The van der Waals surface area contributed by atoms with Crippen LogP contribution in [0.15, 0.2) is 54.8 Å². The fourth-order valence-electron chi connectivity index (χ4n) is 3.13. The number of hydrogen-bond acceptors (Lipinski definition) is 1. The molecule has 0 unspecified atom stereocenters. The van der Waals surface area contributed by atoms with E-state index in [0.717, 1.165) is 36.2 Å². The highest BCUT2D eigenvalue weighted by Gasteiger charge is 2.15. The lowest BCUT2D eigenvalue weighted by Crippen LogP contribution is -1.96. The molecule has 0 spiro atoms. The summed E-state index contributed by atoms with van der Waals surface area (Å²) in [4.78, 5) is 0. The van der Waals surface area contributed by atoms with Gasteiger partial charge in [0.25, 0.3) is 6.43 Å². The molecule has 176 valence electrons. The molecule has 0 aliphatic rings. The molecule has 0 N–H and O–H groups in total. The van der Waals surface area contributed by atoms with E-state index in [2.05, 4.69) is 16.6 Å². The van der Waals surface area contributed by atoms with Crippen LogP contribution < -0.4 is 4.74 Å². The van der Waals surface area contributed by atoms with Gasteiger partial charge in [-0.05, 0) is 47.9 Å². The van der Waals surface area contributed by atoms with E-state index in [-0.39, 0.29) is 22.8 Å². The predicted molar refractivity (Wildman–Crippen MR) is 114 cm³/mol. The Hall–Kier alpha value is -3.73. The zero-order valence-corrected chi connectivity index (χ0v) is 17.7. The number of halogens is 7. The van der Waals surface area contributed by atoms with Crippen LogP contribution in [0.4, 0.5) is 30.7 Å². The summed E-state index contributed by atoms with van der Waals surface area (Å²) in [6, 6.07) is 7.69. The van der Waals surface area contributed by atoms with Gasteiger partial charge in [0.1, 0.15) is 17.5 Å². The average Bonchev–Trinajstić information content (AvgIpc) is 2.75. The van der Waals surface area contributed by atoms with Gasteiger partial charge in [0, 0.05) is 17.2 Å². The number of benzene rings is 3. The molecule has 3 aromatic rings. The van der Waals surface area contributed by atoms with Gasteiger partial charge in [0.05, 0.1) is 11.8 Å². The number of aryl methyl sites for hydroxylation is 1. The van der Waals surface area contributed by atoms with Gasteiger partial charge in [-0.2, -0.15) is 0 Å². The highest BCUT2D eigenvalue weighted by atomic mass is 19.3. The Morgan fingerprint density at radius 3 is 2.03 bits per heavy atom. The molecule has 1 nitrogen and oxygen atoms in total. The number of rotatable bonds is 6. The molecule has 0 bridgehead atoms. The molecule has 0 amide bonds. The summed E-state index contributed by atoms with van der Waals surface area (Å²) in [5.41, 5.74) is -0.212. The lowest BCUT2D eigenvalue weighted by Gasteiger charge is -2.08. The molecule has 0 saturated heterocycles. The van der Waals surface area contributed by atoms with Crippen molar-refractivity contribution in [1.29, 1.82) is 0 Å². The van der Waals surface area contributed by atoms with E-state index in [9.17, 15) is 30.7 Å². The molecule has 0 atom stereocenters. The van der Waals surface area contributed by atoms with Gasteiger partial charge >= 0.3 is 0 Å². The van der Waals surface area contributed by atoms with E-state index in [1.807, 2.05) is 6.92 Å². The lowest BCUT2D eigenvalue weighted by molar-refractivity contribution is 0.200. The summed E-state index contributed by atoms with van der Waals surface area (Å²) in [6.45, 7) is 1.94. The summed E-state index contributed by atoms with van der Waals surface area (Å²) in [5.74, 6) is -1.82. The van der Waals surface area contributed by atoms with Crippen molar-refractivity contribution in [3.63, 3.8) is 0 Å². The fourth-order valence-corrected chi connectivity index (χ4v) is 3.13. The number of allylic oxidation sites excluding steroid dienone is 1. The van der Waals surface area contributed by atoms with Gasteiger partial charge in [0.15, 0.2) is 17.4 Å². The van der Waals surface area contributed by atoms with Crippen LogP contribution in [0.25, 0.3) is 11.1 Å². The largest absolute Gasteiger partial charge is 0.459 e. The van der Waals surface area contributed by atoms with Gasteiger partial charge in [0.2, 0.25) is 0 Å². The minimum atomic E-state index is -2.87. The van der Waals surface area contributed by atoms with E-state index >= 15 is 0 Å². The Balaban J connectivity index is 1.89. The van der Waals surface area contributed by atoms with E-state index in [0.29, 0.717) is 12.7 Å². The first-order valence-corrected chi connectivity index (χ1v) is 10.1. The average molecular weight is 478 g/mol. The summed E-state index contributed by atoms with van der Waals surface area (Å²) in [6.07, 6.45) is -0.675. The molecule has 3 aromatic carbocycles. The van der Waals surface area contributed by atoms with Crippen LogP contribution in [0.2, 0.25) is 0 Å². The standard InChI is InChI=1S/C26H17F7O/c1-2-3-15-4-6-18(20(27)10-15)17-13-21(28)19(22(29)14-17)7-5-16-11-23(30)26(24(31)12-16)34-9-8-25(32)33/h4,6,8-14,25H,2-3H2,1H3. The lowest BCUT2D eigenvalue weighted by atomic mass is 9.99. The SMILES string of the molecule is CCCc1ccc(-c2cc(F)c(C#Cc3cc(F)c(OC=CC(F)F)c(F)c3)c(F)c2)c(F)c1. The van der Waals surface area contributed by atoms with Gasteiger partial charge in [-0.1, -0.05) is 37.3 Å². The second kappa shape index (κ2) is 10.9. The van der Waals surface area contributed by atoms with Crippen molar-refractivity contribution < 1.29 is 35.5 Å². The molecular weight excluding hydrogens is 461 g/mol. The third kappa shape index (κ3) is 5.98. The Labute approximate surface area is 191 Å². The Morgan fingerprint density at radius 2 is 1.47 bits per heavy atom. The third-order valence-corrected chi connectivity index (χ3v) is 4.67. The van der Waals surface area contributed by atoms with Crippen molar-refractivity contribution in [2.45, 2.75) is 26.2 Å². The molecule has 8 heteroatoms. The zero-order chi connectivity index (χ0) is 24.8. The molecular formula is C26H17F7O. The Morgan fingerprint density at radius 1 is 0.824 bits per heavy atom. The van der Waals surface area contributed by atoms with E-state index in [4.69, 9.17) is 0 Å². The second-order valence-electron chi connectivity index (χ2n) is 7.18. The molecule has 34 heavy (non-hydrogen) atoms. The van der Waals surface area contributed by atoms with Crippen LogP contribution >= 0.6 is 0 Å². The molecule has 0 aliphatic carbocycles. The first-order chi connectivity index (χ1) is 16.2. The molecule has 0 heterocycles. The summed E-state index contributed by atoms with van der Waals surface area (Å²) < 4.78 is 100. The topological polar surface area (TPSA) is 9.23 Å². The van der Waals surface area contributed by atoms with Crippen molar-refractivity contribution in [2.75, 3.05) is 0 Å². The summed E-state index contributed by atoms with van der Waals surface area (Å²) >= 11 is 0. The third-order valence-electron chi connectivity index (χ3n) is 4.67. The molecule has 0 aromatic heterocycles. The van der Waals surface area contributed by atoms with E-state index in [1.54, 1.807) is 6.07 Å². The van der Waals surface area contributed by atoms with Gasteiger partial charge in [-0.25, -0.2) is 30.7 Å². The van der Waals surface area contributed by atoms with Crippen molar-refractivity contribution in [3.8, 4) is 28.7 Å². The van der Waals surface area contributed by atoms with Crippen molar-refractivity contribution in [1.82, 2.24) is 0 Å². The van der Waals surface area contributed by atoms with Gasteiger partial charge in [-0.3, -0.25) is 0 Å². The van der Waals surface area contributed by atoms with E-state index < -0.39 is 46.8 Å². The van der Waals surface area contributed by atoms with Crippen LogP contribution in [-0.4, -0.2) is 6.43 Å². The van der Waals surface area contributed by atoms with Gasteiger partial charge < -0.3 is 4.74 Å². The second-order valence-corrected chi connectivity index (χ2v) is 7.18. The number of hydrogen-bond donors (Lipinski definition) is 0. The monoisotopic (exact) mass is 478 g/mol. The smallest absolute Gasteiger partial charge is 0.260 e. The maximum absolute atomic E-state index is 14.6. The zero-order valence-electron chi connectivity index (χ0n) is 17.7. The van der Waals surface area contributed by atoms with Crippen LogP contribution in [0.5, 0.6) is 5.75 Å². The quantitative estimate of drug-likeness (QED) is 0.202. The van der Waals surface area contributed by atoms with Crippen LogP contribution in [0.3, 0.4) is 0 Å². The summed E-state index contributed by atoms with van der Waals surface area (Å²) in [7, 11) is 0. The molecule has 0 aliphatic heterocycles. The van der Waals surface area contributed by atoms with Crippen molar-refractivity contribution >= 4 is 0 Å². The number of ether oxygens (including phenoxy) is 1. The van der Waals surface area contributed by atoms with Crippen molar-refractivity contribution in [3.05, 3.63) is 101 Å². The Kier molecular flexibility index (Phi) is 8.00. The molecule has 0 saturated carbocycles. The molecule has 3 rings (SSSR count). The minimum Gasteiger partial charge on any atom is -0.459 e. The van der Waals surface area contributed by atoms with Crippen LogP contribution in [0.1, 0.15) is 30.0 Å². The number of alkyl halides is 2. The fraction of sp³-hybridized carbons (Fsp3) is 0.154. The van der Waals surface area contributed by atoms with Crippen LogP contribution in [0, 0.1) is 40.9 Å². The first-order valence-electron chi connectivity index (χ1n) is 10.1. The molecule has 0 fully saturated rings. The highest BCUT2D eigenvalue weighted by molar-refractivity contribution is 5.66. The summed E-state index contributed by atoms with van der Waals surface area (Å²) in [5, 5.41) is 0. The van der Waals surface area contributed by atoms with E-state index in [1.165, 1.54) is 12.1 Å². The normalized spacial score (nSPS) is 11.1. The predicted octanol–water partition coefficient (Wildman–Crippen LogP) is 7.56. The minimum absolute atomic E-state index is 0.0118. The van der Waals surface area contributed by atoms with Gasteiger partial charge in [-0.15, -0.1) is 0 Å². The van der Waals surface area contributed by atoms with Crippen molar-refractivity contribution in [2.24, 2.45) is 0 Å². The van der Waals surface area contributed by atoms with Crippen LogP contribution in [-0.2, 0) is 6.42 Å². The highest BCUT2D eigenvalue weighted by Crippen LogP contribution is 2.28. The first kappa shape index (κ1) is 24.9. The Bertz CT molecular complexity index is 1240.